The minimum atomic E-state index is 0.751. The molecule has 0 fully saturated rings. The predicted molar refractivity (Wildman–Crippen MR) is 206 cm³/mol. The molecule has 0 spiro atoms. The monoisotopic (exact) mass is 637 g/mol. The van der Waals surface area contributed by atoms with Crippen LogP contribution in [-0.2, 0) is 6.42 Å². The molecule has 0 amide bonds. The first-order valence-electron chi connectivity index (χ1n) is 17.1. The van der Waals surface area contributed by atoms with E-state index in [0.717, 1.165) is 40.4 Å². The molecule has 0 aliphatic heterocycles. The van der Waals surface area contributed by atoms with E-state index >= 15 is 0 Å². The quantitative estimate of drug-likeness (QED) is 0.188. The normalized spacial score (nSPS) is 11.9. The third-order valence-corrected chi connectivity index (χ3v) is 10.0. The second-order valence-electron chi connectivity index (χ2n) is 12.9. The number of nitrogens with zero attached hydrogens (tertiary/aromatic N) is 3. The Labute approximate surface area is 290 Å². The molecule has 234 valence electrons. The summed E-state index contributed by atoms with van der Waals surface area (Å²) in [6.07, 6.45) is 0.801. The largest absolute Gasteiger partial charge is 0.309 e. The van der Waals surface area contributed by atoms with Gasteiger partial charge in [-0.25, -0.2) is 9.97 Å². The summed E-state index contributed by atoms with van der Waals surface area (Å²) in [5.41, 5.74) is 16.2. The minimum absolute atomic E-state index is 0.751. The molecule has 1 aliphatic carbocycles. The first-order valence-corrected chi connectivity index (χ1v) is 17.1. The van der Waals surface area contributed by atoms with Crippen LogP contribution in [0.5, 0.6) is 0 Å². The van der Waals surface area contributed by atoms with Gasteiger partial charge in [0.25, 0.3) is 0 Å². The lowest BCUT2D eigenvalue weighted by Gasteiger charge is -2.14. The molecule has 10 rings (SSSR count). The lowest BCUT2D eigenvalue weighted by molar-refractivity contribution is 1.13. The van der Waals surface area contributed by atoms with Gasteiger partial charge in [0.05, 0.1) is 22.4 Å². The average Bonchev–Trinajstić information content (AvgIpc) is 3.75. The summed E-state index contributed by atoms with van der Waals surface area (Å²) in [6, 6.07) is 62.7. The number of fused-ring (bicyclic) bond motifs is 6. The summed E-state index contributed by atoms with van der Waals surface area (Å²) in [5, 5.41) is 2.51. The van der Waals surface area contributed by atoms with Crippen LogP contribution >= 0.6 is 0 Å². The highest BCUT2D eigenvalue weighted by atomic mass is 15.0. The van der Waals surface area contributed by atoms with Crippen molar-refractivity contribution in [2.45, 2.75) is 6.42 Å². The smallest absolute Gasteiger partial charge is 0.160 e. The molecular weight excluding hydrogens is 607 g/mol. The van der Waals surface area contributed by atoms with E-state index in [1.165, 1.54) is 60.8 Å². The van der Waals surface area contributed by atoms with E-state index < -0.39 is 0 Å². The van der Waals surface area contributed by atoms with Gasteiger partial charge >= 0.3 is 0 Å². The van der Waals surface area contributed by atoms with Gasteiger partial charge in [-0.2, -0.15) is 0 Å². The minimum Gasteiger partial charge on any atom is -0.309 e. The van der Waals surface area contributed by atoms with Crippen molar-refractivity contribution in [1.29, 1.82) is 0 Å². The van der Waals surface area contributed by atoms with Crippen molar-refractivity contribution in [3.8, 4) is 61.8 Å². The number of hydrogen-bond acceptors (Lipinski definition) is 2. The molecule has 7 aromatic carbocycles. The molecule has 2 heterocycles. The van der Waals surface area contributed by atoms with Gasteiger partial charge < -0.3 is 4.57 Å². The van der Waals surface area contributed by atoms with Crippen molar-refractivity contribution in [2.24, 2.45) is 0 Å². The Morgan fingerprint density at radius 2 is 1.02 bits per heavy atom. The molecular formula is C47H31N3. The lowest BCUT2D eigenvalue weighted by atomic mass is 9.92. The second-order valence-corrected chi connectivity index (χ2v) is 12.9. The summed E-state index contributed by atoms with van der Waals surface area (Å²) in [7, 11) is 0. The number of hydrogen-bond donors (Lipinski definition) is 0. The average molecular weight is 638 g/mol. The third kappa shape index (κ3) is 4.52. The van der Waals surface area contributed by atoms with Crippen molar-refractivity contribution < 1.29 is 0 Å². The summed E-state index contributed by atoms with van der Waals surface area (Å²) >= 11 is 0. The molecule has 0 bridgehead atoms. The van der Waals surface area contributed by atoms with Crippen LogP contribution in [0.1, 0.15) is 11.1 Å². The van der Waals surface area contributed by atoms with Gasteiger partial charge in [0.2, 0.25) is 0 Å². The van der Waals surface area contributed by atoms with Crippen molar-refractivity contribution >= 4 is 21.8 Å². The molecule has 0 saturated heterocycles. The molecule has 3 nitrogen and oxygen atoms in total. The van der Waals surface area contributed by atoms with Crippen molar-refractivity contribution in [3.05, 3.63) is 187 Å². The maximum Gasteiger partial charge on any atom is 0.160 e. The molecule has 0 radical (unpaired) electrons. The lowest BCUT2D eigenvalue weighted by Crippen LogP contribution is -1.99. The van der Waals surface area contributed by atoms with Gasteiger partial charge in [0.15, 0.2) is 5.82 Å². The highest BCUT2D eigenvalue weighted by Crippen LogP contribution is 2.46. The maximum atomic E-state index is 5.31. The number of para-hydroxylation sites is 2. The maximum absolute atomic E-state index is 5.31. The van der Waals surface area contributed by atoms with Crippen LogP contribution in [0.4, 0.5) is 0 Å². The topological polar surface area (TPSA) is 30.7 Å². The predicted octanol–water partition coefficient (Wildman–Crippen LogP) is 11.8. The number of aromatic nitrogens is 3. The van der Waals surface area contributed by atoms with Crippen LogP contribution in [0.15, 0.2) is 176 Å². The zero-order valence-electron chi connectivity index (χ0n) is 27.3. The SMILES string of the molecule is c1ccc(-c2nc(-c3ccccc3)c3c(n2)-c2c(cccc2-c2cccc(-c4cccc5c4c4ccccc4n5-c4ccccc4)c2)C3)cc1. The molecule has 3 heteroatoms. The Morgan fingerprint density at radius 1 is 0.440 bits per heavy atom. The van der Waals surface area contributed by atoms with Gasteiger partial charge in [0.1, 0.15) is 0 Å². The molecule has 0 N–H and O–H groups in total. The number of rotatable bonds is 5. The molecule has 0 saturated carbocycles. The van der Waals surface area contributed by atoms with E-state index in [1.54, 1.807) is 0 Å². The molecule has 1 aliphatic rings. The van der Waals surface area contributed by atoms with E-state index in [0.29, 0.717) is 0 Å². The van der Waals surface area contributed by atoms with Crippen LogP contribution < -0.4 is 0 Å². The molecule has 2 aromatic heterocycles. The van der Waals surface area contributed by atoms with Gasteiger partial charge in [-0.1, -0.05) is 146 Å². The number of benzene rings is 7. The van der Waals surface area contributed by atoms with Gasteiger partial charge in [-0.3, -0.25) is 0 Å². The molecule has 9 aromatic rings. The second kappa shape index (κ2) is 11.5. The van der Waals surface area contributed by atoms with Crippen molar-refractivity contribution in [2.75, 3.05) is 0 Å². The Bertz CT molecular complexity index is 2710. The first kappa shape index (κ1) is 28.4. The molecule has 50 heavy (non-hydrogen) atoms. The van der Waals surface area contributed by atoms with E-state index in [2.05, 4.69) is 174 Å². The van der Waals surface area contributed by atoms with E-state index in [4.69, 9.17) is 9.97 Å². The van der Waals surface area contributed by atoms with Gasteiger partial charge in [-0.15, -0.1) is 0 Å². The fourth-order valence-corrected chi connectivity index (χ4v) is 7.84. The Kier molecular flexibility index (Phi) is 6.56. The van der Waals surface area contributed by atoms with Crippen LogP contribution in [0.2, 0.25) is 0 Å². The van der Waals surface area contributed by atoms with E-state index in [9.17, 15) is 0 Å². The Hall–Kier alpha value is -6.58. The van der Waals surface area contributed by atoms with Crippen LogP contribution in [0.25, 0.3) is 83.6 Å². The summed E-state index contributed by atoms with van der Waals surface area (Å²) in [4.78, 5) is 10.5. The fourth-order valence-electron chi connectivity index (χ4n) is 7.84. The summed E-state index contributed by atoms with van der Waals surface area (Å²) in [6.45, 7) is 0. The highest BCUT2D eigenvalue weighted by Gasteiger charge is 2.28. The van der Waals surface area contributed by atoms with Gasteiger partial charge in [0, 0.05) is 45.1 Å². The zero-order chi connectivity index (χ0) is 33.0. The van der Waals surface area contributed by atoms with Crippen LogP contribution in [0.3, 0.4) is 0 Å². The third-order valence-electron chi connectivity index (χ3n) is 10.0. The van der Waals surface area contributed by atoms with Crippen LogP contribution in [-0.4, -0.2) is 14.5 Å². The summed E-state index contributed by atoms with van der Waals surface area (Å²) in [5.74, 6) is 0.751. The molecule has 0 atom stereocenters. The van der Waals surface area contributed by atoms with Crippen molar-refractivity contribution in [3.63, 3.8) is 0 Å². The zero-order valence-corrected chi connectivity index (χ0v) is 27.3. The Morgan fingerprint density at radius 3 is 1.82 bits per heavy atom. The van der Waals surface area contributed by atoms with Crippen molar-refractivity contribution in [1.82, 2.24) is 14.5 Å². The van der Waals surface area contributed by atoms with E-state index in [-0.39, 0.29) is 0 Å². The van der Waals surface area contributed by atoms with Crippen LogP contribution in [0, 0.1) is 0 Å². The Balaban J connectivity index is 1.17. The highest BCUT2D eigenvalue weighted by molar-refractivity contribution is 6.16. The fraction of sp³-hybridized carbons (Fsp3) is 0.0213. The summed E-state index contributed by atoms with van der Waals surface area (Å²) < 4.78 is 2.38. The van der Waals surface area contributed by atoms with Gasteiger partial charge in [-0.05, 0) is 58.1 Å². The first-order chi connectivity index (χ1) is 24.8. The standard InChI is InChI=1S/C47H31N3/c1-4-15-31(16-5-1)45-40-30-35-21-13-25-37(43(35)46(40)49-47(48-45)32-17-6-2-7-18-32)33-19-12-20-34(29-33)38-26-14-28-42-44(38)39-24-10-11-27-41(39)50(42)36-22-8-3-9-23-36/h1-29H,30H2. The molecule has 0 unspecified atom stereocenters. The van der Waals surface area contributed by atoms with E-state index in [1.807, 2.05) is 6.07 Å².